The highest BCUT2D eigenvalue weighted by atomic mass is 16.6. The predicted molar refractivity (Wildman–Crippen MR) is 25.5 cm³/mol. The minimum atomic E-state index is -0.550. The van der Waals surface area contributed by atoms with Gasteiger partial charge in [-0.3, -0.25) is 0 Å². The maximum atomic E-state index is 10.2. The van der Waals surface area contributed by atoms with E-state index in [2.05, 4.69) is 4.74 Å². The Balaban J connectivity index is 2.64. The SMILES string of the molecule is O=C1C=[N+]([O-])CCO1. The Labute approximate surface area is 46.0 Å². The van der Waals surface area contributed by atoms with Crippen molar-refractivity contribution >= 4 is 12.2 Å². The molecule has 0 aromatic rings. The zero-order valence-electron chi connectivity index (χ0n) is 4.16. The molecule has 0 fully saturated rings. The Morgan fingerprint density at radius 2 is 2.62 bits per heavy atom. The van der Waals surface area contributed by atoms with Crippen LogP contribution in [0.1, 0.15) is 0 Å². The Morgan fingerprint density at radius 3 is 3.00 bits per heavy atom. The van der Waals surface area contributed by atoms with Gasteiger partial charge in [0.1, 0.15) is 0 Å². The van der Waals surface area contributed by atoms with Gasteiger partial charge >= 0.3 is 5.97 Å². The fourth-order valence-corrected chi connectivity index (χ4v) is 0.456. The highest BCUT2D eigenvalue weighted by Gasteiger charge is 2.10. The van der Waals surface area contributed by atoms with Gasteiger partial charge in [-0.1, -0.05) is 0 Å². The van der Waals surface area contributed by atoms with Gasteiger partial charge in [-0.25, -0.2) is 9.53 Å². The summed E-state index contributed by atoms with van der Waals surface area (Å²) in [6.07, 6.45) is 0.892. The van der Waals surface area contributed by atoms with E-state index in [0.717, 1.165) is 6.21 Å². The second-order valence-electron chi connectivity index (χ2n) is 1.44. The third-order valence-corrected chi connectivity index (χ3v) is 0.805. The average molecular weight is 115 g/mol. The molecule has 0 N–H and O–H groups in total. The number of esters is 1. The van der Waals surface area contributed by atoms with Gasteiger partial charge < -0.3 is 9.94 Å². The van der Waals surface area contributed by atoms with Crippen LogP contribution in [-0.2, 0) is 9.53 Å². The second kappa shape index (κ2) is 1.81. The molecule has 4 heteroatoms. The van der Waals surface area contributed by atoms with Crippen LogP contribution in [-0.4, -0.2) is 30.1 Å². The molecule has 0 radical (unpaired) electrons. The van der Waals surface area contributed by atoms with Crippen molar-refractivity contribution in [1.29, 1.82) is 0 Å². The van der Waals surface area contributed by atoms with Crippen LogP contribution >= 0.6 is 0 Å². The molecule has 0 amide bonds. The molecule has 1 aliphatic rings. The molecule has 0 aliphatic carbocycles. The van der Waals surface area contributed by atoms with Gasteiger partial charge in [-0.15, -0.1) is 0 Å². The summed E-state index contributed by atoms with van der Waals surface area (Å²) in [4.78, 5) is 10.2. The topological polar surface area (TPSA) is 52.4 Å². The van der Waals surface area contributed by atoms with Gasteiger partial charge in [0.2, 0.25) is 0 Å². The first kappa shape index (κ1) is 5.08. The largest absolute Gasteiger partial charge is 0.624 e. The molecule has 0 saturated carbocycles. The van der Waals surface area contributed by atoms with Crippen LogP contribution in [0.5, 0.6) is 0 Å². The molecule has 1 rings (SSSR count). The Morgan fingerprint density at radius 1 is 1.88 bits per heavy atom. The van der Waals surface area contributed by atoms with E-state index in [9.17, 15) is 10.0 Å². The summed E-state index contributed by atoms with van der Waals surface area (Å²) in [6, 6.07) is 0. The lowest BCUT2D eigenvalue weighted by Gasteiger charge is -2.07. The summed E-state index contributed by atoms with van der Waals surface area (Å²) in [5.41, 5.74) is 0. The van der Waals surface area contributed by atoms with Crippen molar-refractivity contribution < 1.29 is 14.3 Å². The molecule has 8 heavy (non-hydrogen) atoms. The molecule has 0 bridgehead atoms. The zero-order chi connectivity index (χ0) is 5.98. The average Bonchev–Trinajstić information content (AvgIpc) is 1.64. The number of nitrogens with zero attached hydrogens (tertiary/aromatic N) is 1. The maximum absolute atomic E-state index is 10.2. The molecular formula is C4H5NO3. The van der Waals surface area contributed by atoms with E-state index in [1.165, 1.54) is 0 Å². The lowest BCUT2D eigenvalue weighted by molar-refractivity contribution is -0.460. The second-order valence-corrected chi connectivity index (χ2v) is 1.44. The van der Waals surface area contributed by atoms with Crippen molar-refractivity contribution in [2.75, 3.05) is 13.2 Å². The predicted octanol–water partition coefficient (Wildman–Crippen LogP) is -0.876. The number of hydrogen-bond acceptors (Lipinski definition) is 3. The first-order valence-corrected chi connectivity index (χ1v) is 2.24. The maximum Gasteiger partial charge on any atom is 0.396 e. The minimum absolute atomic E-state index is 0.207. The van der Waals surface area contributed by atoms with Gasteiger partial charge in [0.05, 0.1) is 0 Å². The van der Waals surface area contributed by atoms with E-state index in [0.29, 0.717) is 4.74 Å². The van der Waals surface area contributed by atoms with E-state index in [1.807, 2.05) is 0 Å². The van der Waals surface area contributed by atoms with Gasteiger partial charge in [0, 0.05) is 0 Å². The standard InChI is InChI=1S/C4H5NO3/c6-4-3-5(7)1-2-8-4/h3H,1-2H2. The molecule has 0 unspecified atom stereocenters. The van der Waals surface area contributed by atoms with Crippen molar-refractivity contribution in [3.05, 3.63) is 5.21 Å². The molecule has 4 nitrogen and oxygen atoms in total. The van der Waals surface area contributed by atoms with Crippen LogP contribution in [0.3, 0.4) is 0 Å². The lowest BCUT2D eigenvalue weighted by Crippen LogP contribution is -2.26. The number of cyclic esters (lactones) is 1. The van der Waals surface area contributed by atoms with Crippen LogP contribution in [0.2, 0.25) is 0 Å². The van der Waals surface area contributed by atoms with Gasteiger partial charge in [0.15, 0.2) is 13.2 Å². The van der Waals surface area contributed by atoms with Crippen molar-refractivity contribution in [2.24, 2.45) is 0 Å². The van der Waals surface area contributed by atoms with E-state index in [1.54, 1.807) is 0 Å². The van der Waals surface area contributed by atoms with Gasteiger partial charge in [-0.2, -0.15) is 0 Å². The number of hydrogen-bond donors (Lipinski definition) is 0. The normalized spacial score (nSPS) is 19.5. The molecule has 1 heterocycles. The monoisotopic (exact) mass is 115 g/mol. The third kappa shape index (κ3) is 0.959. The number of ether oxygens (including phenoxy) is 1. The molecule has 44 valence electrons. The first-order valence-electron chi connectivity index (χ1n) is 2.24. The summed E-state index contributed by atoms with van der Waals surface area (Å²) < 4.78 is 4.97. The quantitative estimate of drug-likeness (QED) is 0.234. The fraction of sp³-hybridized carbons (Fsp3) is 0.500. The molecule has 0 aromatic heterocycles. The molecule has 0 aromatic carbocycles. The van der Waals surface area contributed by atoms with Crippen LogP contribution in [0.25, 0.3) is 0 Å². The Bertz CT molecular complexity index is 140. The highest BCUT2D eigenvalue weighted by Crippen LogP contribution is 1.83. The third-order valence-electron chi connectivity index (χ3n) is 0.805. The van der Waals surface area contributed by atoms with Gasteiger partial charge in [0.25, 0.3) is 6.21 Å². The van der Waals surface area contributed by atoms with E-state index in [4.69, 9.17) is 0 Å². The van der Waals surface area contributed by atoms with Crippen LogP contribution in [0.4, 0.5) is 0 Å². The van der Waals surface area contributed by atoms with Crippen molar-refractivity contribution in [1.82, 2.24) is 0 Å². The van der Waals surface area contributed by atoms with Gasteiger partial charge in [-0.05, 0) is 0 Å². The highest BCUT2D eigenvalue weighted by molar-refractivity contribution is 6.21. The minimum Gasteiger partial charge on any atom is -0.624 e. The van der Waals surface area contributed by atoms with Crippen LogP contribution in [0.15, 0.2) is 0 Å². The zero-order valence-corrected chi connectivity index (χ0v) is 4.16. The number of rotatable bonds is 0. The summed E-state index contributed by atoms with van der Waals surface area (Å²) in [5.74, 6) is -0.550. The summed E-state index contributed by atoms with van der Waals surface area (Å²) in [5, 5.41) is 10.2. The molecule has 1 aliphatic heterocycles. The molecule has 0 atom stereocenters. The van der Waals surface area contributed by atoms with E-state index >= 15 is 0 Å². The molecule has 0 spiro atoms. The lowest BCUT2D eigenvalue weighted by atomic mass is 10.6. The van der Waals surface area contributed by atoms with Crippen molar-refractivity contribution in [2.45, 2.75) is 0 Å². The molecule has 0 saturated heterocycles. The van der Waals surface area contributed by atoms with Crippen molar-refractivity contribution in [3.63, 3.8) is 0 Å². The van der Waals surface area contributed by atoms with E-state index in [-0.39, 0.29) is 13.2 Å². The first-order chi connectivity index (χ1) is 3.79. The number of carbonyl (C=O) groups is 1. The fourth-order valence-electron chi connectivity index (χ4n) is 0.456. The smallest absolute Gasteiger partial charge is 0.396 e. The summed E-state index contributed by atoms with van der Waals surface area (Å²) >= 11 is 0. The number of hydroxylamine groups is 1. The summed E-state index contributed by atoms with van der Waals surface area (Å²) in [7, 11) is 0. The van der Waals surface area contributed by atoms with E-state index < -0.39 is 5.97 Å². The number of carbonyl (C=O) groups excluding carboxylic acids is 1. The van der Waals surface area contributed by atoms with Crippen molar-refractivity contribution in [3.8, 4) is 0 Å². The molecular weight excluding hydrogens is 110 g/mol. The summed E-state index contributed by atoms with van der Waals surface area (Å²) in [6.45, 7) is 0.463. The van der Waals surface area contributed by atoms with Crippen LogP contribution in [0, 0.1) is 5.21 Å². The Kier molecular flexibility index (Phi) is 1.15. The Hall–Kier alpha value is -1.06. The van der Waals surface area contributed by atoms with Crippen LogP contribution < -0.4 is 0 Å².